The summed E-state index contributed by atoms with van der Waals surface area (Å²) in [5, 5.41) is 2.60. The number of carbonyl (C=O) groups excluding carboxylic acids is 2. The van der Waals surface area contributed by atoms with Crippen LogP contribution in [0.25, 0.3) is 11.3 Å². The van der Waals surface area contributed by atoms with Gasteiger partial charge in [-0.2, -0.15) is 17.5 Å². The van der Waals surface area contributed by atoms with Gasteiger partial charge in [-0.15, -0.1) is 0 Å². The molecule has 6 nitrogen and oxygen atoms in total. The third-order valence-electron chi connectivity index (χ3n) is 3.42. The third kappa shape index (κ3) is 4.40. The molecule has 2 heterocycles. The van der Waals surface area contributed by atoms with Crippen molar-refractivity contribution in [3.05, 3.63) is 53.5 Å². The van der Waals surface area contributed by atoms with Crippen molar-refractivity contribution in [2.75, 3.05) is 5.32 Å². The molecule has 10 heteroatoms. The number of amides is 1. The number of nitrogens with one attached hydrogen (secondary N) is 1. The monoisotopic (exact) mass is 395 g/mol. The van der Waals surface area contributed by atoms with Crippen molar-refractivity contribution in [1.29, 1.82) is 0 Å². The van der Waals surface area contributed by atoms with Gasteiger partial charge in [-0.3, -0.25) is 14.9 Å². The molecule has 0 unspecified atom stereocenters. The number of halogens is 3. The number of anilines is 1. The summed E-state index contributed by atoms with van der Waals surface area (Å²) in [6.45, 7) is 1.39. The summed E-state index contributed by atoms with van der Waals surface area (Å²) in [5.74, 6) is -0.782. The van der Waals surface area contributed by atoms with Gasteiger partial charge in [0.1, 0.15) is 11.5 Å². The second-order valence-electron chi connectivity index (χ2n) is 5.56. The van der Waals surface area contributed by atoms with Gasteiger partial charge in [0.05, 0.1) is 12.0 Å². The molecule has 1 N–H and O–H groups in total. The number of hydrogen-bond donors (Lipinski definition) is 1. The van der Waals surface area contributed by atoms with Crippen LogP contribution in [0.3, 0.4) is 0 Å². The zero-order valence-electron chi connectivity index (χ0n) is 13.8. The molecule has 0 bridgehead atoms. The zero-order valence-corrected chi connectivity index (χ0v) is 14.6. The summed E-state index contributed by atoms with van der Waals surface area (Å²) >= 11 is 0.888. The van der Waals surface area contributed by atoms with Crippen LogP contribution in [0.5, 0.6) is 0 Å². The zero-order chi connectivity index (χ0) is 19.6. The second kappa shape index (κ2) is 7.31. The van der Waals surface area contributed by atoms with E-state index in [0.29, 0.717) is 0 Å². The number of benzene rings is 1. The Kier molecular flexibility index (Phi) is 5.08. The quantitative estimate of drug-likeness (QED) is 0.700. The van der Waals surface area contributed by atoms with Gasteiger partial charge in [0.15, 0.2) is 11.6 Å². The molecule has 1 amide bonds. The molecule has 0 spiro atoms. The Hall–Kier alpha value is -3.01. The van der Waals surface area contributed by atoms with Gasteiger partial charge in [0, 0.05) is 17.1 Å². The van der Waals surface area contributed by atoms with Gasteiger partial charge < -0.3 is 4.42 Å². The molecule has 3 aromatic rings. The molecule has 0 aliphatic rings. The Bertz CT molecular complexity index is 994. The van der Waals surface area contributed by atoms with Crippen molar-refractivity contribution in [2.24, 2.45) is 0 Å². The Morgan fingerprint density at radius 1 is 1.19 bits per heavy atom. The molecule has 140 valence electrons. The van der Waals surface area contributed by atoms with Gasteiger partial charge in [-0.1, -0.05) is 18.2 Å². The van der Waals surface area contributed by atoms with E-state index in [1.165, 1.54) is 37.3 Å². The van der Waals surface area contributed by atoms with Crippen molar-refractivity contribution in [1.82, 2.24) is 9.36 Å². The van der Waals surface area contributed by atoms with Crippen LogP contribution in [-0.4, -0.2) is 21.0 Å². The minimum absolute atomic E-state index is 0.0471. The molecule has 2 aromatic heterocycles. The standard InChI is InChI=1S/C17H12F3N3O3S/c1-9(24)8-14-21-16(27-23-14)22-15(25)13-7-6-12(26-13)10-4-2-3-5-11(10)17(18,19)20/h2-7H,8H2,1H3,(H,21,22,23,25). The van der Waals surface area contributed by atoms with E-state index in [-0.39, 0.29) is 40.2 Å². The lowest BCUT2D eigenvalue weighted by atomic mass is 10.1. The molecule has 0 aliphatic carbocycles. The number of carbonyl (C=O) groups is 2. The smallest absolute Gasteiger partial charge is 0.417 e. The lowest BCUT2D eigenvalue weighted by Crippen LogP contribution is -2.11. The largest absolute Gasteiger partial charge is 0.451 e. The predicted octanol–water partition coefficient (Wildman–Crippen LogP) is 4.20. The fraction of sp³-hybridized carbons (Fsp3) is 0.176. The summed E-state index contributed by atoms with van der Waals surface area (Å²) in [6.07, 6.45) is -4.50. The maximum atomic E-state index is 13.1. The molecule has 0 radical (unpaired) electrons. The van der Waals surface area contributed by atoms with Gasteiger partial charge in [0.2, 0.25) is 5.13 Å². The van der Waals surface area contributed by atoms with E-state index < -0.39 is 17.6 Å². The molecule has 0 atom stereocenters. The van der Waals surface area contributed by atoms with Gasteiger partial charge in [-0.25, -0.2) is 4.98 Å². The molecular weight excluding hydrogens is 383 g/mol. The SMILES string of the molecule is CC(=O)Cc1nsc(NC(=O)c2ccc(-c3ccccc3C(F)(F)F)o2)n1. The number of rotatable bonds is 5. The highest BCUT2D eigenvalue weighted by atomic mass is 32.1. The van der Waals surface area contributed by atoms with Crippen LogP contribution >= 0.6 is 11.5 Å². The summed E-state index contributed by atoms with van der Waals surface area (Å²) < 4.78 is 48.6. The number of nitrogens with zero attached hydrogens (tertiary/aromatic N) is 2. The number of Topliss-reactive ketones (excluding diaryl/α,β-unsaturated/α-hetero) is 1. The lowest BCUT2D eigenvalue weighted by molar-refractivity contribution is -0.137. The maximum Gasteiger partial charge on any atom is 0.417 e. The van der Waals surface area contributed by atoms with Crippen LogP contribution < -0.4 is 5.32 Å². The number of alkyl halides is 3. The van der Waals surface area contributed by atoms with Crippen LogP contribution in [0.15, 0.2) is 40.8 Å². The second-order valence-corrected chi connectivity index (χ2v) is 6.31. The topological polar surface area (TPSA) is 85.1 Å². The molecule has 0 fully saturated rings. The molecule has 1 aromatic carbocycles. The molecule has 0 saturated heterocycles. The van der Waals surface area contributed by atoms with E-state index in [0.717, 1.165) is 17.6 Å². The van der Waals surface area contributed by atoms with Crippen molar-refractivity contribution in [2.45, 2.75) is 19.5 Å². The maximum absolute atomic E-state index is 13.1. The predicted molar refractivity (Wildman–Crippen MR) is 91.4 cm³/mol. The van der Waals surface area contributed by atoms with Gasteiger partial charge in [0.25, 0.3) is 5.91 Å². The fourth-order valence-electron chi connectivity index (χ4n) is 2.31. The highest BCUT2D eigenvalue weighted by molar-refractivity contribution is 7.09. The summed E-state index contributed by atoms with van der Waals surface area (Å²) in [4.78, 5) is 27.3. The number of hydrogen-bond acceptors (Lipinski definition) is 6. The van der Waals surface area contributed by atoms with Crippen molar-refractivity contribution in [3.63, 3.8) is 0 Å². The average molecular weight is 395 g/mol. The van der Waals surface area contributed by atoms with E-state index >= 15 is 0 Å². The molecule has 27 heavy (non-hydrogen) atoms. The van der Waals surface area contributed by atoms with Crippen molar-refractivity contribution < 1.29 is 27.2 Å². The Morgan fingerprint density at radius 3 is 2.63 bits per heavy atom. The first-order chi connectivity index (χ1) is 12.7. The lowest BCUT2D eigenvalue weighted by Gasteiger charge is -2.10. The van der Waals surface area contributed by atoms with E-state index in [1.54, 1.807) is 0 Å². The van der Waals surface area contributed by atoms with E-state index in [2.05, 4.69) is 14.7 Å². The summed E-state index contributed by atoms with van der Waals surface area (Å²) in [7, 11) is 0. The van der Waals surface area contributed by atoms with E-state index in [9.17, 15) is 22.8 Å². The first kappa shape index (κ1) is 18.8. The Labute approximate surface area is 155 Å². The molecular formula is C17H12F3N3O3S. The van der Waals surface area contributed by atoms with Crippen LogP contribution in [0.4, 0.5) is 18.3 Å². The van der Waals surface area contributed by atoms with Crippen LogP contribution in [0, 0.1) is 0 Å². The first-order valence-corrected chi connectivity index (χ1v) is 8.41. The normalized spacial score (nSPS) is 11.4. The van der Waals surface area contributed by atoms with Crippen LogP contribution in [0.1, 0.15) is 28.9 Å². The highest BCUT2D eigenvalue weighted by Crippen LogP contribution is 2.37. The van der Waals surface area contributed by atoms with E-state index in [4.69, 9.17) is 4.42 Å². The summed E-state index contributed by atoms with van der Waals surface area (Å²) in [5.41, 5.74) is -1.02. The van der Waals surface area contributed by atoms with Crippen LogP contribution in [-0.2, 0) is 17.4 Å². The fourth-order valence-corrected chi connectivity index (χ4v) is 2.89. The molecule has 0 saturated carbocycles. The van der Waals surface area contributed by atoms with E-state index in [1.807, 2.05) is 0 Å². The number of aromatic nitrogens is 2. The molecule has 3 rings (SSSR count). The van der Waals surface area contributed by atoms with Crippen LogP contribution in [0.2, 0.25) is 0 Å². The third-order valence-corrected chi connectivity index (χ3v) is 4.09. The Morgan fingerprint density at radius 2 is 1.93 bits per heavy atom. The number of furan rings is 1. The van der Waals surface area contributed by atoms with Crippen molar-refractivity contribution in [3.8, 4) is 11.3 Å². The molecule has 0 aliphatic heterocycles. The van der Waals surface area contributed by atoms with Gasteiger partial charge >= 0.3 is 6.18 Å². The first-order valence-electron chi connectivity index (χ1n) is 7.64. The highest BCUT2D eigenvalue weighted by Gasteiger charge is 2.34. The summed E-state index contributed by atoms with van der Waals surface area (Å²) in [6, 6.07) is 7.50. The number of ketones is 1. The minimum atomic E-state index is -4.55. The Balaban J connectivity index is 1.79. The van der Waals surface area contributed by atoms with Crippen molar-refractivity contribution >= 4 is 28.4 Å². The average Bonchev–Trinajstić information content (AvgIpc) is 3.23. The minimum Gasteiger partial charge on any atom is -0.451 e. The van der Waals surface area contributed by atoms with Gasteiger partial charge in [-0.05, 0) is 25.1 Å².